The van der Waals surface area contributed by atoms with Gasteiger partial charge in [-0.15, -0.1) is 0 Å². The van der Waals surface area contributed by atoms with E-state index < -0.39 is 0 Å². The summed E-state index contributed by atoms with van der Waals surface area (Å²) in [4.78, 5) is 6.69. The van der Waals surface area contributed by atoms with E-state index in [1.807, 2.05) is 12.1 Å². The van der Waals surface area contributed by atoms with Crippen molar-refractivity contribution >= 4 is 11.5 Å². The first-order valence-corrected chi connectivity index (χ1v) is 6.38. The fourth-order valence-corrected chi connectivity index (χ4v) is 2.86. The molecule has 1 atom stereocenters. The highest BCUT2D eigenvalue weighted by atomic mass is 16.5. The molecule has 0 amide bonds. The number of aromatic nitrogens is 1. The molecular weight excluding hydrogens is 214 g/mol. The molecule has 2 aliphatic rings. The van der Waals surface area contributed by atoms with Gasteiger partial charge in [-0.1, -0.05) is 0 Å². The van der Waals surface area contributed by atoms with Crippen LogP contribution in [0.4, 0.5) is 11.5 Å². The molecule has 0 radical (unpaired) electrons. The fourth-order valence-electron chi connectivity index (χ4n) is 2.86. The van der Waals surface area contributed by atoms with E-state index in [2.05, 4.69) is 9.88 Å². The quantitative estimate of drug-likeness (QED) is 0.803. The van der Waals surface area contributed by atoms with E-state index in [9.17, 15) is 0 Å². The lowest BCUT2D eigenvalue weighted by Crippen LogP contribution is -2.39. The Balaban J connectivity index is 1.72. The molecule has 0 bridgehead atoms. The molecular formula is C13H19N3O. The van der Waals surface area contributed by atoms with Gasteiger partial charge in [0.2, 0.25) is 0 Å². The Morgan fingerprint density at radius 2 is 2.24 bits per heavy atom. The summed E-state index contributed by atoms with van der Waals surface area (Å²) in [7, 11) is 0. The summed E-state index contributed by atoms with van der Waals surface area (Å²) in [6.45, 7) is 2.93. The molecule has 1 aromatic heterocycles. The van der Waals surface area contributed by atoms with E-state index in [-0.39, 0.29) is 5.60 Å². The zero-order chi connectivity index (χ0) is 11.7. The van der Waals surface area contributed by atoms with E-state index in [4.69, 9.17) is 10.5 Å². The van der Waals surface area contributed by atoms with Gasteiger partial charge in [0.05, 0.1) is 17.5 Å². The van der Waals surface area contributed by atoms with Crippen LogP contribution in [-0.4, -0.2) is 30.3 Å². The van der Waals surface area contributed by atoms with Gasteiger partial charge in [-0.3, -0.25) is 0 Å². The number of nitrogens with two attached hydrogens (primary N) is 1. The molecule has 3 rings (SSSR count). The van der Waals surface area contributed by atoms with Crippen LogP contribution < -0.4 is 10.6 Å². The number of ether oxygens (including phenoxy) is 1. The molecule has 0 aliphatic carbocycles. The molecule has 4 heteroatoms. The second-order valence-electron chi connectivity index (χ2n) is 5.11. The van der Waals surface area contributed by atoms with Crippen LogP contribution in [0.3, 0.4) is 0 Å². The van der Waals surface area contributed by atoms with Crippen molar-refractivity contribution in [3.8, 4) is 0 Å². The van der Waals surface area contributed by atoms with Crippen molar-refractivity contribution in [3.63, 3.8) is 0 Å². The van der Waals surface area contributed by atoms with Gasteiger partial charge < -0.3 is 15.4 Å². The molecule has 2 fully saturated rings. The molecule has 2 aliphatic heterocycles. The summed E-state index contributed by atoms with van der Waals surface area (Å²) in [5.41, 5.74) is 6.47. The first-order valence-electron chi connectivity index (χ1n) is 6.38. The second kappa shape index (κ2) is 4.18. The normalized spacial score (nSPS) is 28.8. The van der Waals surface area contributed by atoms with Crippen molar-refractivity contribution in [2.24, 2.45) is 0 Å². The molecule has 0 aromatic carbocycles. The van der Waals surface area contributed by atoms with Crippen molar-refractivity contribution in [2.45, 2.75) is 31.3 Å². The highest BCUT2D eigenvalue weighted by Crippen LogP contribution is 2.35. The van der Waals surface area contributed by atoms with E-state index in [1.54, 1.807) is 6.20 Å². The number of pyridine rings is 1. The van der Waals surface area contributed by atoms with Gasteiger partial charge in [0.15, 0.2) is 0 Å². The highest BCUT2D eigenvalue weighted by Gasteiger charge is 2.40. The standard InChI is InChI=1S/C13H19N3O/c14-11-3-4-12(15-9-11)16-7-6-13(10-16)5-1-2-8-17-13/h3-4,9H,1-2,5-8,10,14H2. The molecule has 1 spiro atoms. The Morgan fingerprint density at radius 1 is 1.29 bits per heavy atom. The first kappa shape index (κ1) is 10.8. The largest absolute Gasteiger partial charge is 0.397 e. The zero-order valence-electron chi connectivity index (χ0n) is 10.1. The molecule has 3 heterocycles. The van der Waals surface area contributed by atoms with E-state index in [0.29, 0.717) is 0 Å². The minimum atomic E-state index is 0.0985. The van der Waals surface area contributed by atoms with Crippen molar-refractivity contribution in [1.29, 1.82) is 0 Å². The predicted molar refractivity (Wildman–Crippen MR) is 68.0 cm³/mol. The van der Waals surface area contributed by atoms with Gasteiger partial charge in [-0.25, -0.2) is 4.98 Å². The second-order valence-corrected chi connectivity index (χ2v) is 5.11. The Labute approximate surface area is 102 Å². The number of hydrogen-bond donors (Lipinski definition) is 1. The third kappa shape index (κ3) is 2.09. The maximum atomic E-state index is 6.01. The van der Waals surface area contributed by atoms with Gasteiger partial charge in [0.25, 0.3) is 0 Å². The molecule has 1 aromatic rings. The predicted octanol–water partition coefficient (Wildman–Crippen LogP) is 1.81. The maximum Gasteiger partial charge on any atom is 0.128 e. The van der Waals surface area contributed by atoms with Crippen LogP contribution in [0.25, 0.3) is 0 Å². The molecule has 92 valence electrons. The third-order valence-corrected chi connectivity index (χ3v) is 3.85. The number of nitrogen functional groups attached to an aromatic ring is 1. The summed E-state index contributed by atoms with van der Waals surface area (Å²) < 4.78 is 6.01. The molecule has 17 heavy (non-hydrogen) atoms. The van der Waals surface area contributed by atoms with Gasteiger partial charge in [-0.2, -0.15) is 0 Å². The first-order chi connectivity index (χ1) is 8.27. The SMILES string of the molecule is Nc1ccc(N2CCC3(CCCCO3)C2)nc1. The molecule has 2 saturated heterocycles. The smallest absolute Gasteiger partial charge is 0.128 e. The summed E-state index contributed by atoms with van der Waals surface area (Å²) in [6.07, 6.45) is 6.55. The number of nitrogens with zero attached hydrogens (tertiary/aromatic N) is 2. The van der Waals surface area contributed by atoms with Crippen LogP contribution in [0.2, 0.25) is 0 Å². The monoisotopic (exact) mass is 233 g/mol. The van der Waals surface area contributed by atoms with Gasteiger partial charge in [0.1, 0.15) is 5.82 Å². The summed E-state index contributed by atoms with van der Waals surface area (Å²) in [5, 5.41) is 0. The molecule has 0 saturated carbocycles. The van der Waals surface area contributed by atoms with Crippen LogP contribution >= 0.6 is 0 Å². The lowest BCUT2D eigenvalue weighted by molar-refractivity contribution is -0.0622. The molecule has 2 N–H and O–H groups in total. The van der Waals surface area contributed by atoms with Crippen LogP contribution in [0.15, 0.2) is 18.3 Å². The minimum absolute atomic E-state index is 0.0985. The van der Waals surface area contributed by atoms with Gasteiger partial charge >= 0.3 is 0 Å². The topological polar surface area (TPSA) is 51.4 Å². The van der Waals surface area contributed by atoms with Crippen molar-refractivity contribution in [1.82, 2.24) is 4.98 Å². The Bertz CT molecular complexity index is 384. The lowest BCUT2D eigenvalue weighted by atomic mass is 9.93. The number of hydrogen-bond acceptors (Lipinski definition) is 4. The lowest BCUT2D eigenvalue weighted by Gasteiger charge is -2.33. The summed E-state index contributed by atoms with van der Waals surface area (Å²) in [5.74, 6) is 1.02. The van der Waals surface area contributed by atoms with Gasteiger partial charge in [0, 0.05) is 19.7 Å². The van der Waals surface area contributed by atoms with E-state index in [1.165, 1.54) is 19.3 Å². The fraction of sp³-hybridized carbons (Fsp3) is 0.615. The summed E-state index contributed by atoms with van der Waals surface area (Å²) in [6, 6.07) is 3.91. The average Bonchev–Trinajstić information content (AvgIpc) is 2.75. The van der Waals surface area contributed by atoms with Crippen molar-refractivity contribution in [3.05, 3.63) is 18.3 Å². The maximum absolute atomic E-state index is 6.01. The van der Waals surface area contributed by atoms with E-state index >= 15 is 0 Å². The zero-order valence-corrected chi connectivity index (χ0v) is 10.1. The number of rotatable bonds is 1. The van der Waals surface area contributed by atoms with Crippen LogP contribution in [0.5, 0.6) is 0 Å². The Morgan fingerprint density at radius 3 is 2.94 bits per heavy atom. The Kier molecular flexibility index (Phi) is 2.67. The molecule has 4 nitrogen and oxygen atoms in total. The van der Waals surface area contributed by atoms with Crippen molar-refractivity contribution < 1.29 is 4.74 Å². The number of anilines is 2. The summed E-state index contributed by atoms with van der Waals surface area (Å²) >= 11 is 0. The average molecular weight is 233 g/mol. The van der Waals surface area contributed by atoms with Crippen molar-refractivity contribution in [2.75, 3.05) is 30.3 Å². The minimum Gasteiger partial charge on any atom is -0.397 e. The highest BCUT2D eigenvalue weighted by molar-refractivity contribution is 5.47. The van der Waals surface area contributed by atoms with Crippen LogP contribution in [0.1, 0.15) is 25.7 Å². The van der Waals surface area contributed by atoms with Crippen LogP contribution in [-0.2, 0) is 4.74 Å². The third-order valence-electron chi connectivity index (χ3n) is 3.85. The molecule has 1 unspecified atom stereocenters. The van der Waals surface area contributed by atoms with Gasteiger partial charge in [-0.05, 0) is 37.8 Å². The van der Waals surface area contributed by atoms with Crippen LogP contribution in [0, 0.1) is 0 Å². The van der Waals surface area contributed by atoms with E-state index in [0.717, 1.165) is 37.6 Å². The Hall–Kier alpha value is -1.29.